The molecule has 8 heteroatoms. The summed E-state index contributed by atoms with van der Waals surface area (Å²) >= 11 is 0. The Hall–Kier alpha value is -3.29. The van der Waals surface area contributed by atoms with Crippen molar-refractivity contribution in [2.45, 2.75) is 45.3 Å². The Kier molecular flexibility index (Phi) is 5.00. The number of hydrogen-bond donors (Lipinski definition) is 1. The molecule has 1 aromatic carbocycles. The van der Waals surface area contributed by atoms with Gasteiger partial charge in [-0.1, -0.05) is 17.3 Å². The Bertz CT molecular complexity index is 1070. The second-order valence-corrected chi connectivity index (χ2v) is 7.21. The van der Waals surface area contributed by atoms with Crippen LogP contribution in [0.1, 0.15) is 53.0 Å². The summed E-state index contributed by atoms with van der Waals surface area (Å²) < 4.78 is 23.6. The van der Waals surface area contributed by atoms with Crippen LogP contribution in [0.15, 0.2) is 34.9 Å². The number of esters is 1. The van der Waals surface area contributed by atoms with E-state index in [-0.39, 0.29) is 12.4 Å². The van der Waals surface area contributed by atoms with Gasteiger partial charge in [0.25, 0.3) is 11.6 Å². The summed E-state index contributed by atoms with van der Waals surface area (Å²) in [7, 11) is 0. The van der Waals surface area contributed by atoms with Gasteiger partial charge in [0.05, 0.1) is 16.6 Å². The number of carbonyl (C=O) groups is 2. The minimum atomic E-state index is -1.00. The molecule has 0 spiro atoms. The zero-order valence-corrected chi connectivity index (χ0v) is 16.1. The highest BCUT2D eigenvalue weighted by molar-refractivity contribution is 6.04. The zero-order valence-electron chi connectivity index (χ0n) is 16.1. The Labute approximate surface area is 166 Å². The van der Waals surface area contributed by atoms with E-state index in [0.717, 1.165) is 24.1 Å². The molecule has 1 saturated carbocycles. The number of hydrogen-bond acceptors (Lipinski definition) is 6. The van der Waals surface area contributed by atoms with Crippen molar-refractivity contribution in [2.75, 3.05) is 0 Å². The fourth-order valence-corrected chi connectivity index (χ4v) is 3.08. The molecule has 2 heterocycles. The number of rotatable bonds is 6. The Balaban J connectivity index is 1.46. The first-order valence-corrected chi connectivity index (χ1v) is 9.42. The third kappa shape index (κ3) is 4.11. The molecule has 0 bridgehead atoms. The highest BCUT2D eigenvalue weighted by Gasteiger charge is 2.30. The summed E-state index contributed by atoms with van der Waals surface area (Å²) in [6.45, 7) is 3.43. The van der Waals surface area contributed by atoms with Crippen LogP contribution in [0.4, 0.5) is 4.39 Å². The van der Waals surface area contributed by atoms with Crippen molar-refractivity contribution in [2.24, 2.45) is 0 Å². The standard InChI is InChI=1S/C21H20FN3O4/c1-11-18-16(9-17(14-5-6-14)24-20(18)29-25-11)21(27)28-12(2)19(26)23-10-13-3-7-15(22)8-4-13/h3-4,7-9,12,14H,5-6,10H2,1-2H3,(H,23,26)/t12-/m1/s1. The van der Waals surface area contributed by atoms with Crippen molar-refractivity contribution < 1.29 is 23.2 Å². The number of aromatic nitrogens is 2. The first-order valence-electron chi connectivity index (χ1n) is 9.42. The molecule has 0 aliphatic heterocycles. The number of amides is 1. The molecular weight excluding hydrogens is 377 g/mol. The van der Waals surface area contributed by atoms with Crippen molar-refractivity contribution >= 4 is 23.0 Å². The number of carbonyl (C=O) groups excluding carboxylic acids is 2. The molecule has 2 aromatic heterocycles. The number of benzene rings is 1. The lowest BCUT2D eigenvalue weighted by molar-refractivity contribution is -0.129. The third-order valence-corrected chi connectivity index (χ3v) is 4.89. The minimum absolute atomic E-state index is 0.205. The van der Waals surface area contributed by atoms with E-state index in [4.69, 9.17) is 9.26 Å². The first kappa shape index (κ1) is 19.0. The molecule has 1 atom stereocenters. The summed E-state index contributed by atoms with van der Waals surface area (Å²) in [6, 6.07) is 7.49. The van der Waals surface area contributed by atoms with Gasteiger partial charge in [0.2, 0.25) is 0 Å². The third-order valence-electron chi connectivity index (χ3n) is 4.89. The lowest BCUT2D eigenvalue weighted by atomic mass is 10.1. The van der Waals surface area contributed by atoms with Crippen molar-refractivity contribution in [3.63, 3.8) is 0 Å². The van der Waals surface area contributed by atoms with Crippen LogP contribution in [-0.4, -0.2) is 28.1 Å². The lowest BCUT2D eigenvalue weighted by Crippen LogP contribution is -2.35. The van der Waals surface area contributed by atoms with E-state index in [1.165, 1.54) is 19.1 Å². The second-order valence-electron chi connectivity index (χ2n) is 7.21. The van der Waals surface area contributed by atoms with Crippen LogP contribution in [0.3, 0.4) is 0 Å². The quantitative estimate of drug-likeness (QED) is 0.641. The molecule has 0 unspecified atom stereocenters. The first-order chi connectivity index (χ1) is 13.9. The molecule has 150 valence electrons. The molecule has 29 heavy (non-hydrogen) atoms. The summed E-state index contributed by atoms with van der Waals surface area (Å²) in [5, 5.41) is 7.07. The highest BCUT2D eigenvalue weighted by Crippen LogP contribution is 2.40. The van der Waals surface area contributed by atoms with Gasteiger partial charge in [-0.25, -0.2) is 14.2 Å². The van der Waals surface area contributed by atoms with Gasteiger partial charge in [0.15, 0.2) is 6.10 Å². The van der Waals surface area contributed by atoms with Crippen molar-refractivity contribution in [3.8, 4) is 0 Å². The SMILES string of the molecule is Cc1noc2nc(C3CC3)cc(C(=O)O[C@H](C)C(=O)NCc3ccc(F)cc3)c12. The summed E-state index contributed by atoms with van der Waals surface area (Å²) in [5.74, 6) is -1.11. The van der Waals surface area contributed by atoms with Gasteiger partial charge in [-0.15, -0.1) is 0 Å². The molecule has 1 N–H and O–H groups in total. The maximum absolute atomic E-state index is 13.0. The average molecular weight is 397 g/mol. The molecular formula is C21H20FN3O4. The smallest absolute Gasteiger partial charge is 0.339 e. The van der Waals surface area contributed by atoms with Gasteiger partial charge in [0, 0.05) is 18.2 Å². The maximum atomic E-state index is 13.0. The molecule has 1 fully saturated rings. The highest BCUT2D eigenvalue weighted by atomic mass is 19.1. The van der Waals surface area contributed by atoms with Crippen LogP contribution in [0.25, 0.3) is 11.1 Å². The van der Waals surface area contributed by atoms with E-state index >= 15 is 0 Å². The molecule has 1 amide bonds. The number of nitrogens with zero attached hydrogens (tertiary/aromatic N) is 2. The molecule has 1 aliphatic rings. The topological polar surface area (TPSA) is 94.3 Å². The summed E-state index contributed by atoms with van der Waals surface area (Å²) in [5.41, 5.74) is 2.65. The normalized spacial score (nSPS) is 14.6. The van der Waals surface area contributed by atoms with E-state index in [9.17, 15) is 14.0 Å². The van der Waals surface area contributed by atoms with E-state index in [0.29, 0.717) is 28.3 Å². The molecule has 3 aromatic rings. The van der Waals surface area contributed by atoms with Crippen LogP contribution in [-0.2, 0) is 16.1 Å². The molecule has 0 radical (unpaired) electrons. The Morgan fingerprint density at radius 3 is 2.72 bits per heavy atom. The van der Waals surface area contributed by atoms with E-state index in [1.54, 1.807) is 25.1 Å². The zero-order chi connectivity index (χ0) is 20.5. The number of pyridine rings is 1. The Morgan fingerprint density at radius 2 is 2.03 bits per heavy atom. The van der Waals surface area contributed by atoms with Gasteiger partial charge in [-0.05, 0) is 50.5 Å². The molecule has 7 nitrogen and oxygen atoms in total. The predicted octanol–water partition coefficient (Wildman–Crippen LogP) is 3.41. The Morgan fingerprint density at radius 1 is 1.31 bits per heavy atom. The largest absolute Gasteiger partial charge is 0.449 e. The number of ether oxygens (including phenoxy) is 1. The number of fused-ring (bicyclic) bond motifs is 1. The van der Waals surface area contributed by atoms with Crippen molar-refractivity contribution in [1.29, 1.82) is 0 Å². The monoisotopic (exact) mass is 397 g/mol. The molecule has 4 rings (SSSR count). The van der Waals surface area contributed by atoms with Crippen LogP contribution in [0.5, 0.6) is 0 Å². The number of halogens is 1. The minimum Gasteiger partial charge on any atom is -0.449 e. The fraction of sp³-hybridized carbons (Fsp3) is 0.333. The van der Waals surface area contributed by atoms with Crippen molar-refractivity contribution in [3.05, 3.63) is 58.7 Å². The van der Waals surface area contributed by atoms with Gasteiger partial charge in [-0.2, -0.15) is 0 Å². The summed E-state index contributed by atoms with van der Waals surface area (Å²) in [6.07, 6.45) is 1.03. The van der Waals surface area contributed by atoms with Gasteiger partial charge >= 0.3 is 5.97 Å². The van der Waals surface area contributed by atoms with Crippen LogP contribution in [0.2, 0.25) is 0 Å². The second kappa shape index (κ2) is 7.62. The molecule has 0 saturated heterocycles. The van der Waals surface area contributed by atoms with Gasteiger partial charge < -0.3 is 14.6 Å². The van der Waals surface area contributed by atoms with Gasteiger partial charge in [-0.3, -0.25) is 4.79 Å². The van der Waals surface area contributed by atoms with Crippen LogP contribution >= 0.6 is 0 Å². The number of aryl methyl sites for hydroxylation is 1. The van der Waals surface area contributed by atoms with E-state index < -0.39 is 18.0 Å². The maximum Gasteiger partial charge on any atom is 0.339 e. The van der Waals surface area contributed by atoms with Crippen LogP contribution < -0.4 is 5.32 Å². The molecule has 1 aliphatic carbocycles. The predicted molar refractivity (Wildman–Crippen MR) is 102 cm³/mol. The van der Waals surface area contributed by atoms with Crippen molar-refractivity contribution in [1.82, 2.24) is 15.5 Å². The van der Waals surface area contributed by atoms with E-state index in [2.05, 4.69) is 15.5 Å². The summed E-state index contributed by atoms with van der Waals surface area (Å²) in [4.78, 5) is 29.5. The fourth-order valence-electron chi connectivity index (χ4n) is 3.08. The van der Waals surface area contributed by atoms with Gasteiger partial charge in [0.1, 0.15) is 5.82 Å². The number of nitrogens with one attached hydrogen (secondary N) is 1. The lowest BCUT2D eigenvalue weighted by Gasteiger charge is -2.14. The average Bonchev–Trinajstić information content (AvgIpc) is 3.50. The van der Waals surface area contributed by atoms with E-state index in [1.807, 2.05) is 0 Å². The van der Waals surface area contributed by atoms with Crippen LogP contribution in [0, 0.1) is 12.7 Å².